The van der Waals surface area contributed by atoms with Crippen molar-refractivity contribution in [2.45, 2.75) is 6.42 Å². The minimum absolute atomic E-state index is 0.869. The van der Waals surface area contributed by atoms with Gasteiger partial charge in [0.25, 0.3) is 0 Å². The topological polar surface area (TPSA) is 55.9 Å². The summed E-state index contributed by atoms with van der Waals surface area (Å²) in [5.74, 6) is 0.975. The Morgan fingerprint density at radius 1 is 0.935 bits per heavy atom. The lowest BCUT2D eigenvalue weighted by Crippen LogP contribution is -3.14. The lowest BCUT2D eigenvalue weighted by Gasteiger charge is -2.23. The number of fused-ring (bicyclic) bond motifs is 1. The number of hydrogen-bond acceptors (Lipinski definition) is 4. The van der Waals surface area contributed by atoms with Crippen molar-refractivity contribution in [1.29, 1.82) is 0 Å². The highest BCUT2D eigenvalue weighted by Gasteiger charge is 2.15. The van der Waals surface area contributed by atoms with E-state index in [1.807, 2.05) is 47.1 Å². The normalized spacial score (nSPS) is 14.7. The molecule has 0 aliphatic carbocycles. The van der Waals surface area contributed by atoms with Crippen LogP contribution < -0.4 is 10.2 Å². The van der Waals surface area contributed by atoms with Gasteiger partial charge >= 0.3 is 0 Å². The average molecular weight is 415 g/mol. The molecular formula is C25H28N5O+. The third-order valence-electron chi connectivity index (χ3n) is 5.84. The molecular weight excluding hydrogens is 386 g/mol. The van der Waals surface area contributed by atoms with Crippen LogP contribution in [0.15, 0.2) is 72.9 Å². The maximum atomic E-state index is 5.46. The minimum Gasteiger partial charge on any atom is -0.370 e. The molecule has 0 atom stereocenters. The zero-order valence-corrected chi connectivity index (χ0v) is 17.6. The number of ether oxygens (including phenoxy) is 1. The van der Waals surface area contributed by atoms with Crippen molar-refractivity contribution in [1.82, 2.24) is 14.6 Å². The molecule has 3 heterocycles. The van der Waals surface area contributed by atoms with Crippen molar-refractivity contribution in [3.63, 3.8) is 0 Å². The maximum absolute atomic E-state index is 5.46. The van der Waals surface area contributed by atoms with Crippen LogP contribution in [0.4, 0.5) is 5.82 Å². The van der Waals surface area contributed by atoms with Crippen LogP contribution in [0.1, 0.15) is 6.42 Å². The van der Waals surface area contributed by atoms with Gasteiger partial charge in [-0.15, -0.1) is 0 Å². The SMILES string of the molecule is c1ccc(-c2cc(NCCC[NH+]3CCOCC3)n3ncc(-c4ccccc4)c3n2)cc1. The van der Waals surface area contributed by atoms with Gasteiger partial charge < -0.3 is 15.0 Å². The third kappa shape index (κ3) is 4.45. The molecule has 6 heteroatoms. The Kier molecular flexibility index (Phi) is 5.91. The molecule has 6 nitrogen and oxygen atoms in total. The maximum Gasteiger partial charge on any atom is 0.165 e. The van der Waals surface area contributed by atoms with E-state index in [0.717, 1.165) is 79.7 Å². The second-order valence-electron chi connectivity index (χ2n) is 7.95. The molecule has 1 fully saturated rings. The second kappa shape index (κ2) is 9.29. The number of morpholine rings is 1. The van der Waals surface area contributed by atoms with Crippen LogP contribution in [-0.2, 0) is 4.74 Å². The van der Waals surface area contributed by atoms with E-state index in [9.17, 15) is 0 Å². The predicted molar refractivity (Wildman–Crippen MR) is 123 cm³/mol. The third-order valence-corrected chi connectivity index (χ3v) is 5.84. The summed E-state index contributed by atoms with van der Waals surface area (Å²) in [5.41, 5.74) is 5.09. The molecule has 0 amide bonds. The Hall–Kier alpha value is -3.22. The van der Waals surface area contributed by atoms with Crippen molar-refractivity contribution >= 4 is 11.5 Å². The molecule has 0 spiro atoms. The lowest BCUT2D eigenvalue weighted by molar-refractivity contribution is -0.908. The highest BCUT2D eigenvalue weighted by Crippen LogP contribution is 2.28. The fourth-order valence-corrected chi connectivity index (χ4v) is 4.13. The molecule has 2 N–H and O–H groups in total. The minimum atomic E-state index is 0.869. The Balaban J connectivity index is 1.44. The van der Waals surface area contributed by atoms with E-state index in [1.165, 1.54) is 0 Å². The largest absolute Gasteiger partial charge is 0.370 e. The Labute approximate surface area is 182 Å². The first-order chi connectivity index (χ1) is 15.4. The Morgan fingerprint density at radius 3 is 2.39 bits per heavy atom. The predicted octanol–water partition coefficient (Wildman–Crippen LogP) is 2.78. The van der Waals surface area contributed by atoms with Crippen molar-refractivity contribution in [3.8, 4) is 22.4 Å². The summed E-state index contributed by atoms with van der Waals surface area (Å²) in [4.78, 5) is 6.61. The molecule has 1 saturated heterocycles. The van der Waals surface area contributed by atoms with E-state index >= 15 is 0 Å². The van der Waals surface area contributed by atoms with Gasteiger partial charge in [0.15, 0.2) is 5.65 Å². The fourth-order valence-electron chi connectivity index (χ4n) is 4.13. The van der Waals surface area contributed by atoms with E-state index in [0.29, 0.717) is 0 Å². The first kappa shape index (κ1) is 19.7. The van der Waals surface area contributed by atoms with Crippen LogP contribution in [0.5, 0.6) is 0 Å². The number of nitrogens with one attached hydrogen (secondary N) is 2. The van der Waals surface area contributed by atoms with Crippen LogP contribution >= 0.6 is 0 Å². The van der Waals surface area contributed by atoms with Crippen LogP contribution in [0.2, 0.25) is 0 Å². The van der Waals surface area contributed by atoms with Gasteiger partial charge in [0.1, 0.15) is 18.9 Å². The number of hydrogen-bond donors (Lipinski definition) is 2. The molecule has 0 bridgehead atoms. The van der Waals surface area contributed by atoms with E-state index < -0.39 is 0 Å². The van der Waals surface area contributed by atoms with Crippen molar-refractivity contribution in [2.24, 2.45) is 0 Å². The van der Waals surface area contributed by atoms with E-state index in [4.69, 9.17) is 9.72 Å². The van der Waals surface area contributed by atoms with Gasteiger partial charge in [0, 0.05) is 30.2 Å². The molecule has 2 aromatic heterocycles. The molecule has 4 aromatic rings. The van der Waals surface area contributed by atoms with Crippen LogP contribution in [0.25, 0.3) is 28.0 Å². The molecule has 1 aliphatic rings. The fraction of sp³-hybridized carbons (Fsp3) is 0.280. The molecule has 1 aliphatic heterocycles. The summed E-state index contributed by atoms with van der Waals surface area (Å²) in [7, 11) is 0. The lowest BCUT2D eigenvalue weighted by atomic mass is 10.1. The highest BCUT2D eigenvalue weighted by atomic mass is 16.5. The van der Waals surface area contributed by atoms with Gasteiger partial charge in [-0.2, -0.15) is 9.61 Å². The Morgan fingerprint density at radius 2 is 1.65 bits per heavy atom. The molecule has 0 unspecified atom stereocenters. The smallest absolute Gasteiger partial charge is 0.165 e. The molecule has 158 valence electrons. The standard InChI is InChI=1S/C25H27N5O/c1-3-8-20(9-4-1)22-19-27-30-24(26-12-7-13-29-14-16-31-17-15-29)18-23(28-25(22)30)21-10-5-2-6-11-21/h1-6,8-11,18-19,26H,7,12-17H2/p+1. The van der Waals surface area contributed by atoms with E-state index in [-0.39, 0.29) is 0 Å². The number of quaternary nitrogens is 1. The van der Waals surface area contributed by atoms with E-state index in [1.54, 1.807) is 4.90 Å². The van der Waals surface area contributed by atoms with Gasteiger partial charge in [-0.25, -0.2) is 4.98 Å². The number of aromatic nitrogens is 3. The van der Waals surface area contributed by atoms with Crippen LogP contribution in [0, 0.1) is 0 Å². The Bertz CT molecular complexity index is 1120. The monoisotopic (exact) mass is 414 g/mol. The molecule has 31 heavy (non-hydrogen) atoms. The van der Waals surface area contributed by atoms with Gasteiger partial charge in [-0.3, -0.25) is 0 Å². The van der Waals surface area contributed by atoms with E-state index in [2.05, 4.69) is 40.7 Å². The summed E-state index contributed by atoms with van der Waals surface area (Å²) in [6, 6.07) is 22.8. The zero-order chi connectivity index (χ0) is 20.9. The first-order valence-corrected chi connectivity index (χ1v) is 11.0. The molecule has 5 rings (SSSR count). The zero-order valence-electron chi connectivity index (χ0n) is 17.6. The van der Waals surface area contributed by atoms with Crippen molar-refractivity contribution < 1.29 is 9.64 Å². The van der Waals surface area contributed by atoms with Crippen molar-refractivity contribution in [2.75, 3.05) is 44.7 Å². The molecule has 0 radical (unpaired) electrons. The average Bonchev–Trinajstić information content (AvgIpc) is 3.28. The van der Waals surface area contributed by atoms with Gasteiger partial charge in [-0.05, 0) is 5.56 Å². The van der Waals surface area contributed by atoms with Gasteiger partial charge in [-0.1, -0.05) is 60.7 Å². The first-order valence-electron chi connectivity index (χ1n) is 11.0. The molecule has 2 aromatic carbocycles. The number of anilines is 1. The summed E-state index contributed by atoms with van der Waals surface area (Å²) in [6.45, 7) is 6.03. The quantitative estimate of drug-likeness (QED) is 0.457. The van der Waals surface area contributed by atoms with Crippen molar-refractivity contribution in [3.05, 3.63) is 72.9 Å². The van der Waals surface area contributed by atoms with Crippen LogP contribution in [0.3, 0.4) is 0 Å². The summed E-state index contributed by atoms with van der Waals surface area (Å²) >= 11 is 0. The number of nitrogens with zero attached hydrogens (tertiary/aromatic N) is 3. The molecule has 0 saturated carbocycles. The van der Waals surface area contributed by atoms with Crippen LogP contribution in [-0.4, -0.2) is 54.0 Å². The number of benzene rings is 2. The summed E-state index contributed by atoms with van der Waals surface area (Å²) in [5, 5.41) is 8.29. The summed E-state index contributed by atoms with van der Waals surface area (Å²) < 4.78 is 7.39. The second-order valence-corrected chi connectivity index (χ2v) is 7.95. The number of rotatable bonds is 7. The van der Waals surface area contributed by atoms with Gasteiger partial charge in [0.05, 0.1) is 31.6 Å². The summed E-state index contributed by atoms with van der Waals surface area (Å²) in [6.07, 6.45) is 3.02. The van der Waals surface area contributed by atoms with Gasteiger partial charge in [0.2, 0.25) is 0 Å². The highest BCUT2D eigenvalue weighted by molar-refractivity contribution is 5.80.